The van der Waals surface area contributed by atoms with Crippen molar-refractivity contribution in [2.45, 2.75) is 6.92 Å². The summed E-state index contributed by atoms with van der Waals surface area (Å²) in [5.41, 5.74) is 1.10. The van der Waals surface area contributed by atoms with Gasteiger partial charge >= 0.3 is 0 Å². The molecular formula is C9H8N2O. The van der Waals surface area contributed by atoms with E-state index in [-0.39, 0.29) is 5.75 Å². The number of nitrogens with zero attached hydrogens (tertiary/aromatic N) is 2. The Balaban J connectivity index is 2.95. The first-order valence-corrected chi connectivity index (χ1v) is 3.68. The highest BCUT2D eigenvalue weighted by molar-refractivity contribution is 5.89. The molecule has 0 saturated carbocycles. The lowest BCUT2D eigenvalue weighted by Gasteiger charge is -2.01. The molecule has 1 aromatic carbocycles. The summed E-state index contributed by atoms with van der Waals surface area (Å²) in [4.78, 5) is 0. The second-order valence-electron chi connectivity index (χ2n) is 2.72. The van der Waals surface area contributed by atoms with Crippen molar-refractivity contribution in [2.75, 3.05) is 0 Å². The summed E-state index contributed by atoms with van der Waals surface area (Å²) in [6.45, 7) is 1.98. The highest BCUT2D eigenvalue weighted by atomic mass is 16.3. The molecule has 0 saturated heterocycles. The number of phenolic OH excluding ortho intramolecular Hbond substituents is 1. The Labute approximate surface area is 69.7 Å². The SMILES string of the molecule is Cc1ccc(O)c2cnncc12. The number of aromatic nitrogens is 2. The van der Waals surface area contributed by atoms with Crippen LogP contribution in [0.15, 0.2) is 24.5 Å². The lowest BCUT2D eigenvalue weighted by Crippen LogP contribution is -1.83. The van der Waals surface area contributed by atoms with Crippen molar-refractivity contribution in [1.29, 1.82) is 0 Å². The first kappa shape index (κ1) is 7.03. The third-order valence-corrected chi connectivity index (χ3v) is 1.92. The smallest absolute Gasteiger partial charge is 0.125 e. The Bertz CT molecular complexity index is 385. The molecule has 60 valence electrons. The fourth-order valence-corrected chi connectivity index (χ4v) is 1.22. The lowest BCUT2D eigenvalue weighted by atomic mass is 10.1. The van der Waals surface area contributed by atoms with Gasteiger partial charge in [0.1, 0.15) is 5.75 Å². The zero-order chi connectivity index (χ0) is 8.55. The maximum Gasteiger partial charge on any atom is 0.125 e. The molecule has 0 aliphatic carbocycles. The standard InChI is InChI=1S/C9H8N2O/c1-6-2-3-9(12)8-5-11-10-4-7(6)8/h2-5,12H,1H3. The molecule has 0 unspecified atom stereocenters. The van der Waals surface area contributed by atoms with Crippen LogP contribution in [0.1, 0.15) is 5.56 Å². The molecule has 0 aliphatic heterocycles. The lowest BCUT2D eigenvalue weighted by molar-refractivity contribution is 0.481. The Morgan fingerprint density at radius 2 is 1.75 bits per heavy atom. The van der Waals surface area contributed by atoms with Crippen molar-refractivity contribution in [3.8, 4) is 5.75 Å². The first-order chi connectivity index (χ1) is 5.79. The fraction of sp³-hybridized carbons (Fsp3) is 0.111. The molecule has 0 amide bonds. The van der Waals surface area contributed by atoms with Gasteiger partial charge in [0.25, 0.3) is 0 Å². The van der Waals surface area contributed by atoms with Gasteiger partial charge in [0.15, 0.2) is 0 Å². The van der Waals surface area contributed by atoms with E-state index in [0.717, 1.165) is 16.3 Å². The second kappa shape index (κ2) is 2.44. The zero-order valence-corrected chi connectivity index (χ0v) is 6.65. The van der Waals surface area contributed by atoms with Crippen LogP contribution < -0.4 is 0 Å². The van der Waals surface area contributed by atoms with Crippen LogP contribution in [0, 0.1) is 6.92 Å². The van der Waals surface area contributed by atoms with Gasteiger partial charge in [0.05, 0.1) is 12.4 Å². The highest BCUT2D eigenvalue weighted by Gasteiger charge is 2.01. The highest BCUT2D eigenvalue weighted by Crippen LogP contribution is 2.24. The number of hydrogen-bond donors (Lipinski definition) is 1. The number of benzene rings is 1. The third kappa shape index (κ3) is 0.906. The maximum absolute atomic E-state index is 9.43. The Morgan fingerprint density at radius 3 is 2.42 bits per heavy atom. The minimum atomic E-state index is 0.255. The van der Waals surface area contributed by atoms with Crippen molar-refractivity contribution in [3.63, 3.8) is 0 Å². The summed E-state index contributed by atoms with van der Waals surface area (Å²) in [7, 11) is 0. The van der Waals surface area contributed by atoms with Crippen molar-refractivity contribution < 1.29 is 5.11 Å². The van der Waals surface area contributed by atoms with Crippen LogP contribution in [-0.4, -0.2) is 15.3 Å². The average molecular weight is 160 g/mol. The van der Waals surface area contributed by atoms with E-state index in [9.17, 15) is 5.11 Å². The molecule has 3 heteroatoms. The van der Waals surface area contributed by atoms with E-state index < -0.39 is 0 Å². The summed E-state index contributed by atoms with van der Waals surface area (Å²) in [6, 6.07) is 3.53. The van der Waals surface area contributed by atoms with Crippen molar-refractivity contribution in [3.05, 3.63) is 30.1 Å². The van der Waals surface area contributed by atoms with Crippen molar-refractivity contribution in [2.24, 2.45) is 0 Å². The quantitative estimate of drug-likeness (QED) is 0.637. The Hall–Kier alpha value is -1.64. The molecule has 1 N–H and O–H groups in total. The average Bonchev–Trinajstić information content (AvgIpc) is 2.12. The molecule has 0 bridgehead atoms. The predicted octanol–water partition coefficient (Wildman–Crippen LogP) is 1.64. The summed E-state index contributed by atoms with van der Waals surface area (Å²) in [5, 5.41) is 18.6. The molecule has 12 heavy (non-hydrogen) atoms. The van der Waals surface area contributed by atoms with Crippen LogP contribution >= 0.6 is 0 Å². The monoisotopic (exact) mass is 160 g/mol. The summed E-state index contributed by atoms with van der Waals surface area (Å²) in [5.74, 6) is 0.255. The summed E-state index contributed by atoms with van der Waals surface area (Å²) in [6.07, 6.45) is 3.22. The fourth-order valence-electron chi connectivity index (χ4n) is 1.22. The predicted molar refractivity (Wildman–Crippen MR) is 45.9 cm³/mol. The van der Waals surface area contributed by atoms with E-state index in [1.165, 1.54) is 0 Å². The molecule has 3 nitrogen and oxygen atoms in total. The number of hydrogen-bond acceptors (Lipinski definition) is 3. The molecular weight excluding hydrogens is 152 g/mol. The Morgan fingerprint density at radius 1 is 1.08 bits per heavy atom. The topological polar surface area (TPSA) is 46.0 Å². The molecule has 0 fully saturated rings. The van der Waals surface area contributed by atoms with Gasteiger partial charge in [-0.3, -0.25) is 0 Å². The number of phenols is 1. The van der Waals surface area contributed by atoms with Crippen LogP contribution in [0.25, 0.3) is 10.8 Å². The van der Waals surface area contributed by atoms with Gasteiger partial charge in [-0.1, -0.05) is 6.07 Å². The normalized spacial score (nSPS) is 10.4. The molecule has 0 radical (unpaired) electrons. The van der Waals surface area contributed by atoms with Crippen LogP contribution in [0.3, 0.4) is 0 Å². The first-order valence-electron chi connectivity index (χ1n) is 3.68. The third-order valence-electron chi connectivity index (χ3n) is 1.92. The number of aromatic hydroxyl groups is 1. The van der Waals surface area contributed by atoms with Crippen molar-refractivity contribution in [1.82, 2.24) is 10.2 Å². The van der Waals surface area contributed by atoms with Gasteiger partial charge in [0, 0.05) is 10.8 Å². The van der Waals surface area contributed by atoms with Crippen LogP contribution in [-0.2, 0) is 0 Å². The van der Waals surface area contributed by atoms with Gasteiger partial charge in [-0.2, -0.15) is 10.2 Å². The number of aryl methyl sites for hydroxylation is 1. The van der Waals surface area contributed by atoms with E-state index in [2.05, 4.69) is 10.2 Å². The number of fused-ring (bicyclic) bond motifs is 1. The van der Waals surface area contributed by atoms with Crippen molar-refractivity contribution >= 4 is 10.8 Å². The van der Waals surface area contributed by atoms with Crippen LogP contribution in [0.4, 0.5) is 0 Å². The van der Waals surface area contributed by atoms with Crippen LogP contribution in [0.5, 0.6) is 5.75 Å². The molecule has 1 heterocycles. The number of rotatable bonds is 0. The van der Waals surface area contributed by atoms with Crippen LogP contribution in [0.2, 0.25) is 0 Å². The van der Waals surface area contributed by atoms with Gasteiger partial charge in [-0.15, -0.1) is 0 Å². The minimum absolute atomic E-state index is 0.255. The van der Waals surface area contributed by atoms with Gasteiger partial charge in [-0.25, -0.2) is 0 Å². The van der Waals surface area contributed by atoms with E-state index in [4.69, 9.17) is 0 Å². The molecule has 0 atom stereocenters. The summed E-state index contributed by atoms with van der Waals surface area (Å²) >= 11 is 0. The van der Waals surface area contributed by atoms with Gasteiger partial charge < -0.3 is 5.11 Å². The van der Waals surface area contributed by atoms with E-state index >= 15 is 0 Å². The maximum atomic E-state index is 9.43. The Kier molecular flexibility index (Phi) is 1.43. The second-order valence-corrected chi connectivity index (χ2v) is 2.72. The summed E-state index contributed by atoms with van der Waals surface area (Å²) < 4.78 is 0. The molecule has 0 spiro atoms. The molecule has 2 rings (SSSR count). The molecule has 0 aliphatic rings. The van der Waals surface area contributed by atoms with E-state index in [0.29, 0.717) is 0 Å². The van der Waals surface area contributed by atoms with E-state index in [1.54, 1.807) is 18.5 Å². The van der Waals surface area contributed by atoms with Gasteiger partial charge in [0.2, 0.25) is 0 Å². The molecule has 2 aromatic rings. The zero-order valence-electron chi connectivity index (χ0n) is 6.65. The minimum Gasteiger partial charge on any atom is -0.507 e. The van der Waals surface area contributed by atoms with Gasteiger partial charge in [-0.05, 0) is 18.6 Å². The van der Waals surface area contributed by atoms with E-state index in [1.807, 2.05) is 13.0 Å². The molecule has 1 aromatic heterocycles. The largest absolute Gasteiger partial charge is 0.507 e.